The Kier molecular flexibility index (Phi) is 7.70. The number of thioether (sulfide) groups is 1. The molecule has 34 heavy (non-hydrogen) atoms. The number of ether oxygens (including phenoxy) is 1. The summed E-state index contributed by atoms with van der Waals surface area (Å²) in [7, 11) is 0. The second kappa shape index (κ2) is 10.9. The van der Waals surface area contributed by atoms with Crippen molar-refractivity contribution in [2.24, 2.45) is 0 Å². The fourth-order valence-electron chi connectivity index (χ4n) is 3.29. The molecule has 6 nitrogen and oxygen atoms in total. The summed E-state index contributed by atoms with van der Waals surface area (Å²) in [6.45, 7) is 2.66. The lowest BCUT2D eigenvalue weighted by Gasteiger charge is -2.12. The maximum absolute atomic E-state index is 12.8. The van der Waals surface area contributed by atoms with Crippen LogP contribution in [-0.2, 0) is 16.1 Å². The van der Waals surface area contributed by atoms with Gasteiger partial charge in [0.05, 0.1) is 23.6 Å². The van der Waals surface area contributed by atoms with E-state index in [1.165, 1.54) is 4.90 Å². The van der Waals surface area contributed by atoms with Crippen LogP contribution in [0.15, 0.2) is 74.5 Å². The normalized spacial score (nSPS) is 14.8. The molecular formula is C26H22BrNO5S. The number of esters is 1. The second-order valence-corrected chi connectivity index (χ2v) is 9.57. The summed E-state index contributed by atoms with van der Waals surface area (Å²) in [6.07, 6.45) is 3.38. The molecule has 1 aliphatic rings. The molecule has 0 unspecified atom stereocenters. The third-order valence-electron chi connectivity index (χ3n) is 5.16. The van der Waals surface area contributed by atoms with Gasteiger partial charge in [0.2, 0.25) is 0 Å². The van der Waals surface area contributed by atoms with Gasteiger partial charge in [0.25, 0.3) is 11.1 Å². The fraction of sp³-hybridized carbons (Fsp3) is 0.192. The molecule has 8 heteroatoms. The molecule has 1 fully saturated rings. The highest BCUT2D eigenvalue weighted by Gasteiger charge is 2.35. The number of benzene rings is 2. The minimum absolute atomic E-state index is 0.214. The largest absolute Gasteiger partial charge is 0.462 e. The van der Waals surface area contributed by atoms with Crippen LogP contribution in [-0.4, -0.2) is 28.6 Å². The van der Waals surface area contributed by atoms with Crippen LogP contribution in [0.2, 0.25) is 0 Å². The first-order valence-corrected chi connectivity index (χ1v) is 12.4. The van der Waals surface area contributed by atoms with Gasteiger partial charge in [-0.25, -0.2) is 4.79 Å². The molecule has 4 rings (SSSR count). The van der Waals surface area contributed by atoms with Gasteiger partial charge in [-0.3, -0.25) is 14.5 Å². The number of unbranched alkanes of at least 4 members (excludes halogenated alkanes) is 1. The average molecular weight is 540 g/mol. The quantitative estimate of drug-likeness (QED) is 0.176. The standard InChI is InChI=1S/C26H22BrNO5S/c1-2-3-14-32-25(30)19-8-6-18(7-9-19)22-13-12-21(33-22)15-23-24(29)28(26(31)34-23)16-17-4-10-20(27)11-5-17/h4-13,15H,2-3,14,16H2,1H3/b23-15-. The average Bonchev–Trinajstić information content (AvgIpc) is 3.41. The van der Waals surface area contributed by atoms with Crippen LogP contribution in [0.25, 0.3) is 17.4 Å². The van der Waals surface area contributed by atoms with Crippen molar-refractivity contribution in [1.29, 1.82) is 0 Å². The van der Waals surface area contributed by atoms with E-state index < -0.39 is 0 Å². The highest BCUT2D eigenvalue weighted by molar-refractivity contribution is 9.10. The van der Waals surface area contributed by atoms with Crippen molar-refractivity contribution in [2.75, 3.05) is 6.61 Å². The topological polar surface area (TPSA) is 76.8 Å². The van der Waals surface area contributed by atoms with E-state index in [-0.39, 0.29) is 23.7 Å². The Morgan fingerprint density at radius 2 is 1.79 bits per heavy atom. The fourth-order valence-corrected chi connectivity index (χ4v) is 4.37. The van der Waals surface area contributed by atoms with Crippen molar-refractivity contribution in [3.8, 4) is 11.3 Å². The number of carbonyl (C=O) groups is 3. The Morgan fingerprint density at radius 1 is 1.06 bits per heavy atom. The third-order valence-corrected chi connectivity index (χ3v) is 6.60. The lowest BCUT2D eigenvalue weighted by atomic mass is 10.1. The smallest absolute Gasteiger partial charge is 0.338 e. The minimum atomic E-state index is -0.348. The first kappa shape index (κ1) is 24.0. The van der Waals surface area contributed by atoms with Crippen LogP contribution in [0.1, 0.15) is 41.4 Å². The van der Waals surface area contributed by atoms with Gasteiger partial charge in [-0.15, -0.1) is 0 Å². The zero-order chi connectivity index (χ0) is 24.1. The van der Waals surface area contributed by atoms with Crippen LogP contribution < -0.4 is 0 Å². The van der Waals surface area contributed by atoms with Crippen molar-refractivity contribution < 1.29 is 23.5 Å². The molecule has 3 aromatic rings. The number of hydrogen-bond acceptors (Lipinski definition) is 6. The van der Waals surface area contributed by atoms with Crippen LogP contribution in [0, 0.1) is 0 Å². The maximum atomic E-state index is 12.8. The van der Waals surface area contributed by atoms with E-state index in [0.29, 0.717) is 28.6 Å². The number of halogens is 1. The molecule has 174 valence electrons. The van der Waals surface area contributed by atoms with Gasteiger partial charge in [0.1, 0.15) is 11.5 Å². The Bertz CT molecular complexity index is 1230. The lowest BCUT2D eigenvalue weighted by molar-refractivity contribution is -0.123. The monoisotopic (exact) mass is 539 g/mol. The SMILES string of the molecule is CCCCOC(=O)c1ccc(-c2ccc(/C=C3\SC(=O)N(Cc4ccc(Br)cc4)C3=O)o2)cc1. The van der Waals surface area contributed by atoms with Crippen LogP contribution in [0.5, 0.6) is 0 Å². The summed E-state index contributed by atoms with van der Waals surface area (Å²) in [5, 5.41) is -0.313. The molecule has 0 aliphatic carbocycles. The van der Waals surface area contributed by atoms with Gasteiger partial charge < -0.3 is 9.15 Å². The lowest BCUT2D eigenvalue weighted by Crippen LogP contribution is -2.27. The molecule has 1 aromatic heterocycles. The number of carbonyl (C=O) groups excluding carboxylic acids is 3. The third kappa shape index (κ3) is 5.69. The van der Waals surface area contributed by atoms with Gasteiger partial charge in [0.15, 0.2) is 0 Å². The molecule has 1 saturated heterocycles. The molecule has 2 amide bonds. The summed E-state index contributed by atoms with van der Waals surface area (Å²) in [5.74, 6) is 0.360. The molecule has 2 aromatic carbocycles. The Morgan fingerprint density at radius 3 is 2.50 bits per heavy atom. The maximum Gasteiger partial charge on any atom is 0.338 e. The number of rotatable bonds is 8. The Labute approximate surface area is 210 Å². The van der Waals surface area contributed by atoms with Crippen molar-refractivity contribution in [3.05, 3.63) is 86.9 Å². The summed E-state index contributed by atoms with van der Waals surface area (Å²) in [4.78, 5) is 38.8. The van der Waals surface area contributed by atoms with E-state index in [1.54, 1.807) is 42.5 Å². The molecule has 0 spiro atoms. The summed E-state index contributed by atoms with van der Waals surface area (Å²) >= 11 is 4.27. The van der Waals surface area contributed by atoms with Gasteiger partial charge in [0, 0.05) is 16.1 Å². The molecule has 0 saturated carbocycles. The van der Waals surface area contributed by atoms with E-state index >= 15 is 0 Å². The molecular weight excluding hydrogens is 518 g/mol. The number of amides is 2. The molecule has 1 aliphatic heterocycles. The summed E-state index contributed by atoms with van der Waals surface area (Å²) in [6, 6.07) is 18.0. The first-order chi connectivity index (χ1) is 16.4. The van der Waals surface area contributed by atoms with E-state index in [2.05, 4.69) is 15.9 Å². The molecule has 0 atom stereocenters. The van der Waals surface area contributed by atoms with Gasteiger partial charge >= 0.3 is 5.97 Å². The van der Waals surface area contributed by atoms with Gasteiger partial charge in [-0.05, 0) is 60.1 Å². The second-order valence-electron chi connectivity index (χ2n) is 7.66. The van der Waals surface area contributed by atoms with Crippen molar-refractivity contribution >= 4 is 50.9 Å². The van der Waals surface area contributed by atoms with E-state index in [0.717, 1.165) is 40.2 Å². The summed E-state index contributed by atoms with van der Waals surface area (Å²) < 4.78 is 12.0. The number of hydrogen-bond donors (Lipinski definition) is 0. The summed E-state index contributed by atoms with van der Waals surface area (Å²) in [5.41, 5.74) is 2.13. The Balaban J connectivity index is 1.43. The zero-order valence-corrected chi connectivity index (χ0v) is 20.9. The predicted octanol–water partition coefficient (Wildman–Crippen LogP) is 6.90. The van der Waals surface area contributed by atoms with Crippen LogP contribution in [0.3, 0.4) is 0 Å². The number of nitrogens with zero attached hydrogens (tertiary/aromatic N) is 1. The van der Waals surface area contributed by atoms with E-state index in [9.17, 15) is 14.4 Å². The Hall–Kier alpha value is -3.10. The van der Waals surface area contributed by atoms with Gasteiger partial charge in [-0.1, -0.05) is 53.5 Å². The number of furan rings is 1. The van der Waals surface area contributed by atoms with E-state index in [1.807, 2.05) is 31.2 Å². The molecule has 0 radical (unpaired) electrons. The molecule has 0 N–H and O–H groups in total. The molecule has 0 bridgehead atoms. The molecule has 2 heterocycles. The van der Waals surface area contributed by atoms with Crippen molar-refractivity contribution in [2.45, 2.75) is 26.3 Å². The van der Waals surface area contributed by atoms with Crippen molar-refractivity contribution in [3.63, 3.8) is 0 Å². The van der Waals surface area contributed by atoms with Crippen LogP contribution >= 0.6 is 27.7 Å². The zero-order valence-electron chi connectivity index (χ0n) is 18.5. The van der Waals surface area contributed by atoms with Crippen molar-refractivity contribution in [1.82, 2.24) is 4.90 Å². The highest BCUT2D eigenvalue weighted by Crippen LogP contribution is 2.34. The predicted molar refractivity (Wildman–Crippen MR) is 135 cm³/mol. The van der Waals surface area contributed by atoms with Gasteiger partial charge in [-0.2, -0.15) is 0 Å². The highest BCUT2D eigenvalue weighted by atomic mass is 79.9. The van der Waals surface area contributed by atoms with Crippen LogP contribution in [0.4, 0.5) is 4.79 Å². The first-order valence-electron chi connectivity index (χ1n) is 10.8. The van der Waals surface area contributed by atoms with E-state index in [4.69, 9.17) is 9.15 Å². The number of imide groups is 1. The minimum Gasteiger partial charge on any atom is -0.462 e.